The van der Waals surface area contributed by atoms with Gasteiger partial charge in [-0.2, -0.15) is 18.3 Å². The standard InChI is InChI=1S/C25H21F4N9O2S/c1-36-23(33-34-35-36)41(30,40)37-9-7-16-11-21-15(13-32-38(21)19-4-2-18(26)3-5-19)12-24(16,14-37)22(39)20-10-17(6-8-31-20)25(27,28)29/h2-6,8,10-11,13,30H,7,9,12,14H2,1H3/t24-,41?/m0/s1. The van der Waals surface area contributed by atoms with Gasteiger partial charge in [-0.1, -0.05) is 10.7 Å². The summed E-state index contributed by atoms with van der Waals surface area (Å²) in [5, 5.41) is 15.1. The first-order valence-corrected chi connectivity index (χ1v) is 13.8. The SMILES string of the molecule is Cn1nnnc1S(=N)(=O)N1CCC2=Cc3c(cnn3-c3ccc(F)cc3)C[C@]2(C(=O)c2cc(C(F)(F)F)ccn2)C1. The van der Waals surface area contributed by atoms with E-state index in [-0.39, 0.29) is 31.1 Å². The molecule has 4 aromatic rings. The molecule has 0 spiro atoms. The second-order valence-electron chi connectivity index (χ2n) is 9.85. The quantitative estimate of drug-likeness (QED) is 0.279. The Labute approximate surface area is 230 Å². The number of halogens is 4. The van der Waals surface area contributed by atoms with Crippen LogP contribution in [-0.4, -0.2) is 62.4 Å². The number of rotatable bonds is 5. The summed E-state index contributed by atoms with van der Waals surface area (Å²) in [6.45, 7) is -0.169. The van der Waals surface area contributed by atoms with Crippen LogP contribution >= 0.6 is 0 Å². The van der Waals surface area contributed by atoms with E-state index in [0.717, 1.165) is 16.9 Å². The smallest absolute Gasteiger partial charge is 0.291 e. The number of piperidine rings is 1. The third kappa shape index (κ3) is 4.42. The van der Waals surface area contributed by atoms with Crippen molar-refractivity contribution in [3.05, 3.63) is 82.7 Å². The Morgan fingerprint density at radius 3 is 2.61 bits per heavy atom. The summed E-state index contributed by atoms with van der Waals surface area (Å²) in [5.41, 5.74) is -0.569. The molecule has 16 heteroatoms. The number of hydrogen-bond acceptors (Lipinski definition) is 8. The maximum absolute atomic E-state index is 14.2. The van der Waals surface area contributed by atoms with Gasteiger partial charge in [-0.05, 0) is 71.3 Å². The number of tetrazole rings is 1. The number of alkyl halides is 3. The predicted octanol–water partition coefficient (Wildman–Crippen LogP) is 3.48. The van der Waals surface area contributed by atoms with E-state index in [0.29, 0.717) is 28.6 Å². The first kappa shape index (κ1) is 26.9. The summed E-state index contributed by atoms with van der Waals surface area (Å²) >= 11 is 0. The summed E-state index contributed by atoms with van der Waals surface area (Å²) in [4.78, 5) is 18.2. The fourth-order valence-corrected chi connectivity index (χ4v) is 6.89. The Morgan fingerprint density at radius 1 is 1.17 bits per heavy atom. The average Bonchev–Trinajstić information content (AvgIpc) is 3.57. The van der Waals surface area contributed by atoms with Crippen molar-refractivity contribution < 1.29 is 26.6 Å². The summed E-state index contributed by atoms with van der Waals surface area (Å²) < 4.78 is 80.5. The van der Waals surface area contributed by atoms with Gasteiger partial charge in [-0.3, -0.25) is 9.78 Å². The zero-order chi connectivity index (χ0) is 29.2. The number of fused-ring (bicyclic) bond motifs is 2. The third-order valence-electron chi connectivity index (χ3n) is 7.40. The van der Waals surface area contributed by atoms with Crippen LogP contribution in [0.3, 0.4) is 0 Å². The van der Waals surface area contributed by atoms with E-state index < -0.39 is 44.4 Å². The zero-order valence-corrected chi connectivity index (χ0v) is 22.2. The molecular formula is C25H21F4N9O2S. The number of aromatic nitrogens is 7. The first-order valence-electron chi connectivity index (χ1n) is 12.3. The molecule has 0 saturated carbocycles. The number of carbonyl (C=O) groups is 1. The molecule has 1 saturated heterocycles. The molecule has 1 unspecified atom stereocenters. The number of hydrogen-bond donors (Lipinski definition) is 1. The number of ketones is 1. The lowest BCUT2D eigenvalue weighted by molar-refractivity contribution is -0.137. The summed E-state index contributed by atoms with van der Waals surface area (Å²) in [7, 11) is -2.35. The van der Waals surface area contributed by atoms with Crippen LogP contribution in [0.1, 0.15) is 33.7 Å². The van der Waals surface area contributed by atoms with Crippen molar-refractivity contribution >= 4 is 21.8 Å². The molecule has 1 N–H and O–H groups in total. The molecule has 1 aliphatic heterocycles. The molecule has 41 heavy (non-hydrogen) atoms. The summed E-state index contributed by atoms with van der Waals surface area (Å²) in [6.07, 6.45) is -0.333. The van der Waals surface area contributed by atoms with Crippen LogP contribution in [-0.2, 0) is 29.6 Å². The molecule has 1 aromatic carbocycles. The topological polar surface area (TPSA) is 136 Å². The molecule has 4 heterocycles. The van der Waals surface area contributed by atoms with Crippen LogP contribution in [0.15, 0.2) is 59.5 Å². The highest BCUT2D eigenvalue weighted by atomic mass is 32.2. The van der Waals surface area contributed by atoms with Gasteiger partial charge in [0.1, 0.15) is 11.5 Å². The molecule has 0 bridgehead atoms. The van der Waals surface area contributed by atoms with Gasteiger partial charge in [0.2, 0.25) is 0 Å². The minimum atomic E-state index is -4.70. The van der Waals surface area contributed by atoms with Crippen molar-refractivity contribution in [1.82, 2.24) is 39.3 Å². The molecule has 2 aliphatic rings. The molecule has 212 valence electrons. The highest BCUT2D eigenvalue weighted by molar-refractivity contribution is 7.90. The van der Waals surface area contributed by atoms with E-state index in [1.807, 2.05) is 0 Å². The molecule has 1 fully saturated rings. The van der Waals surface area contributed by atoms with Gasteiger partial charge in [-0.15, -0.1) is 0 Å². The normalized spacial score (nSPS) is 20.6. The fraction of sp³-hybridized carbons (Fsp3) is 0.280. The molecule has 3 aromatic heterocycles. The summed E-state index contributed by atoms with van der Waals surface area (Å²) in [5.74, 6) is -1.12. The fourth-order valence-electron chi connectivity index (χ4n) is 5.37. The van der Waals surface area contributed by atoms with Crippen LogP contribution < -0.4 is 0 Å². The van der Waals surface area contributed by atoms with Gasteiger partial charge < -0.3 is 0 Å². The molecule has 0 amide bonds. The van der Waals surface area contributed by atoms with Crippen molar-refractivity contribution in [2.24, 2.45) is 12.5 Å². The number of Topliss-reactive ketones (excluding diaryl/α,β-unsaturated/α-hetero) is 1. The monoisotopic (exact) mass is 587 g/mol. The largest absolute Gasteiger partial charge is 0.416 e. The number of nitrogens with zero attached hydrogens (tertiary/aromatic N) is 8. The van der Waals surface area contributed by atoms with Crippen molar-refractivity contribution in [3.8, 4) is 5.69 Å². The Kier molecular flexibility index (Phi) is 6.15. The van der Waals surface area contributed by atoms with Gasteiger partial charge in [0, 0.05) is 26.3 Å². The molecule has 1 aliphatic carbocycles. The molecule has 0 radical (unpaired) electrons. The van der Waals surface area contributed by atoms with Gasteiger partial charge in [0.05, 0.1) is 28.6 Å². The van der Waals surface area contributed by atoms with Crippen LogP contribution in [0, 0.1) is 16.0 Å². The maximum Gasteiger partial charge on any atom is 0.416 e. The van der Waals surface area contributed by atoms with Crippen LogP contribution in [0.2, 0.25) is 0 Å². The molecular weight excluding hydrogens is 566 g/mol. The van der Waals surface area contributed by atoms with E-state index in [4.69, 9.17) is 4.78 Å². The van der Waals surface area contributed by atoms with E-state index in [9.17, 15) is 26.6 Å². The molecule has 6 rings (SSSR count). The van der Waals surface area contributed by atoms with Gasteiger partial charge >= 0.3 is 6.18 Å². The van der Waals surface area contributed by atoms with Crippen LogP contribution in [0.5, 0.6) is 0 Å². The predicted molar refractivity (Wildman–Crippen MR) is 135 cm³/mol. The van der Waals surface area contributed by atoms with Gasteiger partial charge in [0.25, 0.3) is 5.16 Å². The van der Waals surface area contributed by atoms with E-state index in [2.05, 4.69) is 25.6 Å². The van der Waals surface area contributed by atoms with Crippen LogP contribution in [0.25, 0.3) is 11.8 Å². The number of pyridine rings is 1. The average molecular weight is 588 g/mol. The third-order valence-corrected chi connectivity index (χ3v) is 9.28. The second kappa shape index (κ2) is 9.37. The lowest BCUT2D eigenvalue weighted by atomic mass is 9.65. The summed E-state index contributed by atoms with van der Waals surface area (Å²) in [6, 6.07) is 7.16. The second-order valence-corrected chi connectivity index (χ2v) is 11.8. The maximum atomic E-state index is 14.2. The molecule has 2 atom stereocenters. The molecule has 11 nitrogen and oxygen atoms in total. The van der Waals surface area contributed by atoms with Crippen molar-refractivity contribution in [3.63, 3.8) is 0 Å². The zero-order valence-electron chi connectivity index (χ0n) is 21.3. The van der Waals surface area contributed by atoms with Gasteiger partial charge in [0.15, 0.2) is 15.7 Å². The number of nitrogens with one attached hydrogen (secondary N) is 1. The van der Waals surface area contributed by atoms with E-state index in [1.165, 1.54) is 29.7 Å². The lowest BCUT2D eigenvalue weighted by Gasteiger charge is -2.45. The highest BCUT2D eigenvalue weighted by Crippen LogP contribution is 2.47. The lowest BCUT2D eigenvalue weighted by Crippen LogP contribution is -2.53. The minimum absolute atomic E-state index is 0.00476. The van der Waals surface area contributed by atoms with Crippen molar-refractivity contribution in [2.75, 3.05) is 13.1 Å². The number of aryl methyl sites for hydroxylation is 1. The van der Waals surface area contributed by atoms with Gasteiger partial charge in [-0.25, -0.2) is 27.0 Å². The van der Waals surface area contributed by atoms with Crippen LogP contribution in [0.4, 0.5) is 17.6 Å². The highest BCUT2D eigenvalue weighted by Gasteiger charge is 2.51. The van der Waals surface area contributed by atoms with E-state index >= 15 is 0 Å². The number of carbonyl (C=O) groups excluding carboxylic acids is 1. The van der Waals surface area contributed by atoms with Crippen molar-refractivity contribution in [1.29, 1.82) is 4.78 Å². The first-order chi connectivity index (χ1) is 19.4. The minimum Gasteiger partial charge on any atom is -0.291 e. The van der Waals surface area contributed by atoms with E-state index in [1.54, 1.807) is 22.9 Å². The Balaban J connectivity index is 1.48. The Bertz CT molecular complexity index is 1810. The number of benzene rings is 1. The Hall–Kier alpha value is -4.31. The van der Waals surface area contributed by atoms with Crippen molar-refractivity contribution in [2.45, 2.75) is 24.2 Å². The Morgan fingerprint density at radius 2 is 1.93 bits per heavy atom.